The van der Waals surface area contributed by atoms with Gasteiger partial charge in [0.05, 0.1) is 6.20 Å². The number of carbonyl (C=O) groups excluding carboxylic acids is 1. The monoisotopic (exact) mass is 264 g/mol. The van der Waals surface area contributed by atoms with E-state index >= 15 is 0 Å². The van der Waals surface area contributed by atoms with Crippen molar-refractivity contribution in [2.75, 3.05) is 6.54 Å². The molecule has 1 aliphatic rings. The highest BCUT2D eigenvalue weighted by Gasteiger charge is 2.29. The summed E-state index contributed by atoms with van der Waals surface area (Å²) in [5, 5.41) is 7.65. The Kier molecular flexibility index (Phi) is 3.47. The van der Waals surface area contributed by atoms with Crippen LogP contribution in [0.3, 0.4) is 0 Å². The summed E-state index contributed by atoms with van der Waals surface area (Å²) in [5.74, 6) is -0.0776. The van der Waals surface area contributed by atoms with E-state index in [1.165, 1.54) is 0 Å². The van der Waals surface area contributed by atoms with Gasteiger partial charge in [-0.15, -0.1) is 0 Å². The first kappa shape index (κ1) is 12.8. The number of thiocarbonyl (C=S) groups is 1. The summed E-state index contributed by atoms with van der Waals surface area (Å²) in [6.07, 6.45) is 3.57. The third-order valence-corrected chi connectivity index (χ3v) is 3.34. The van der Waals surface area contributed by atoms with Crippen LogP contribution in [-0.2, 0) is 11.3 Å². The fourth-order valence-corrected chi connectivity index (χ4v) is 2.26. The molecule has 1 aromatic rings. The quantitative estimate of drug-likeness (QED) is 0.660. The fourth-order valence-electron chi connectivity index (χ4n) is 1.94. The molecule has 96 valence electrons. The Morgan fingerprint density at radius 2 is 2.17 bits per heavy atom. The van der Waals surface area contributed by atoms with Crippen molar-refractivity contribution in [3.63, 3.8) is 0 Å². The van der Waals surface area contributed by atoms with Crippen molar-refractivity contribution < 1.29 is 4.79 Å². The average Bonchev–Trinajstić information content (AvgIpc) is 2.82. The Balaban J connectivity index is 2.32. The van der Waals surface area contributed by atoms with Crippen LogP contribution in [0, 0.1) is 6.92 Å². The lowest BCUT2D eigenvalue weighted by Crippen LogP contribution is -2.30. The molecule has 1 saturated heterocycles. The summed E-state index contributed by atoms with van der Waals surface area (Å²) in [6.45, 7) is 7.31. The summed E-state index contributed by atoms with van der Waals surface area (Å²) < 4.78 is 1.89. The van der Waals surface area contributed by atoms with Gasteiger partial charge in [-0.05, 0) is 39.1 Å². The van der Waals surface area contributed by atoms with Gasteiger partial charge in [0.25, 0.3) is 5.91 Å². The minimum Gasteiger partial charge on any atom is -0.328 e. The zero-order valence-corrected chi connectivity index (χ0v) is 11.5. The SMILES string of the molecule is CCN1C(=O)/C(=C/c2cnn(CC)c2C)NC1=S. The smallest absolute Gasteiger partial charge is 0.276 e. The van der Waals surface area contributed by atoms with Crippen molar-refractivity contribution in [2.24, 2.45) is 0 Å². The zero-order chi connectivity index (χ0) is 13.3. The first-order valence-corrected chi connectivity index (χ1v) is 6.36. The molecule has 18 heavy (non-hydrogen) atoms. The lowest BCUT2D eigenvalue weighted by Gasteiger charge is -2.08. The highest BCUT2D eigenvalue weighted by Crippen LogP contribution is 2.16. The summed E-state index contributed by atoms with van der Waals surface area (Å²) in [4.78, 5) is 13.6. The molecule has 0 unspecified atom stereocenters. The largest absolute Gasteiger partial charge is 0.328 e. The fraction of sp³-hybridized carbons (Fsp3) is 0.417. The topological polar surface area (TPSA) is 50.2 Å². The van der Waals surface area contributed by atoms with Crippen LogP contribution in [0.5, 0.6) is 0 Å². The first-order valence-electron chi connectivity index (χ1n) is 5.95. The maximum atomic E-state index is 12.0. The summed E-state index contributed by atoms with van der Waals surface area (Å²) in [5.41, 5.74) is 2.49. The molecule has 2 heterocycles. The van der Waals surface area contributed by atoms with Crippen molar-refractivity contribution >= 4 is 29.3 Å². The number of hydrogen-bond donors (Lipinski definition) is 1. The van der Waals surface area contributed by atoms with Crippen LogP contribution in [0.25, 0.3) is 6.08 Å². The Bertz CT molecular complexity index is 532. The van der Waals surface area contributed by atoms with Gasteiger partial charge in [-0.3, -0.25) is 14.4 Å². The number of nitrogens with one attached hydrogen (secondary N) is 1. The predicted octanol–water partition coefficient (Wildman–Crippen LogP) is 1.29. The predicted molar refractivity (Wildman–Crippen MR) is 73.7 cm³/mol. The third-order valence-electron chi connectivity index (χ3n) is 3.02. The van der Waals surface area contributed by atoms with Gasteiger partial charge in [-0.2, -0.15) is 5.10 Å². The summed E-state index contributed by atoms with van der Waals surface area (Å²) in [7, 11) is 0. The molecule has 0 radical (unpaired) electrons. The van der Waals surface area contributed by atoms with Crippen LogP contribution in [0.15, 0.2) is 11.9 Å². The minimum absolute atomic E-state index is 0.0776. The number of likely N-dealkylation sites (N-methyl/N-ethyl adjacent to an activating group) is 1. The van der Waals surface area contributed by atoms with Gasteiger partial charge in [0.15, 0.2) is 5.11 Å². The van der Waals surface area contributed by atoms with Gasteiger partial charge in [-0.25, -0.2) is 0 Å². The van der Waals surface area contributed by atoms with E-state index in [4.69, 9.17) is 12.2 Å². The van der Waals surface area contributed by atoms with Crippen molar-refractivity contribution in [3.05, 3.63) is 23.2 Å². The van der Waals surface area contributed by atoms with Crippen LogP contribution in [0.2, 0.25) is 0 Å². The molecular weight excluding hydrogens is 248 g/mol. The van der Waals surface area contributed by atoms with E-state index in [9.17, 15) is 4.79 Å². The molecule has 5 nitrogen and oxygen atoms in total. The molecule has 1 aromatic heterocycles. The Morgan fingerprint density at radius 1 is 1.44 bits per heavy atom. The van der Waals surface area contributed by atoms with Crippen molar-refractivity contribution in [3.8, 4) is 0 Å². The minimum atomic E-state index is -0.0776. The molecule has 1 N–H and O–H groups in total. The Hall–Kier alpha value is -1.69. The molecule has 1 amide bonds. The highest BCUT2D eigenvalue weighted by atomic mass is 32.1. The standard InChI is InChI=1S/C12H16N4OS/c1-4-15-11(17)10(14-12(15)18)6-9-7-13-16(5-2)8(9)3/h6-7H,4-5H2,1-3H3,(H,14,18)/b10-6-. The van der Waals surface area contributed by atoms with E-state index in [2.05, 4.69) is 10.4 Å². The molecule has 0 bridgehead atoms. The van der Waals surface area contributed by atoms with E-state index < -0.39 is 0 Å². The van der Waals surface area contributed by atoms with Crippen molar-refractivity contribution in [1.29, 1.82) is 0 Å². The van der Waals surface area contributed by atoms with Crippen LogP contribution in [0.1, 0.15) is 25.1 Å². The number of hydrogen-bond acceptors (Lipinski definition) is 3. The number of rotatable bonds is 3. The zero-order valence-electron chi connectivity index (χ0n) is 10.7. The van der Waals surface area contributed by atoms with Gasteiger partial charge < -0.3 is 5.32 Å². The second-order valence-electron chi connectivity index (χ2n) is 4.04. The lowest BCUT2D eigenvalue weighted by molar-refractivity contribution is -0.122. The molecule has 0 saturated carbocycles. The number of carbonyl (C=O) groups is 1. The molecule has 1 fully saturated rings. The van der Waals surface area contributed by atoms with Gasteiger partial charge in [-0.1, -0.05) is 0 Å². The Morgan fingerprint density at radius 3 is 2.67 bits per heavy atom. The van der Waals surface area contributed by atoms with Crippen LogP contribution >= 0.6 is 12.2 Å². The summed E-state index contributed by atoms with van der Waals surface area (Å²) in [6, 6.07) is 0. The number of nitrogens with zero attached hydrogens (tertiary/aromatic N) is 3. The highest BCUT2D eigenvalue weighted by molar-refractivity contribution is 7.80. The lowest BCUT2D eigenvalue weighted by atomic mass is 10.2. The van der Waals surface area contributed by atoms with Gasteiger partial charge in [0.2, 0.25) is 0 Å². The third kappa shape index (κ3) is 2.03. The maximum Gasteiger partial charge on any atom is 0.276 e. The molecular formula is C12H16N4OS. The normalized spacial score (nSPS) is 17.7. The van der Waals surface area contributed by atoms with Crippen LogP contribution < -0.4 is 5.32 Å². The van der Waals surface area contributed by atoms with Gasteiger partial charge in [0.1, 0.15) is 5.70 Å². The molecule has 6 heteroatoms. The van der Waals surface area contributed by atoms with E-state index in [1.807, 2.05) is 25.5 Å². The van der Waals surface area contributed by atoms with E-state index in [1.54, 1.807) is 17.2 Å². The number of amides is 1. The molecule has 2 rings (SSSR count). The second kappa shape index (κ2) is 4.89. The molecule has 0 spiro atoms. The average molecular weight is 264 g/mol. The van der Waals surface area contributed by atoms with Gasteiger partial charge in [0, 0.05) is 24.3 Å². The van der Waals surface area contributed by atoms with Crippen molar-refractivity contribution in [2.45, 2.75) is 27.3 Å². The molecule has 0 aliphatic carbocycles. The van der Waals surface area contributed by atoms with Crippen molar-refractivity contribution in [1.82, 2.24) is 20.0 Å². The maximum absolute atomic E-state index is 12.0. The van der Waals surface area contributed by atoms with E-state index in [0.29, 0.717) is 17.4 Å². The Labute approximate surface area is 111 Å². The summed E-state index contributed by atoms with van der Waals surface area (Å²) >= 11 is 5.10. The van der Waals surface area contributed by atoms with Crippen LogP contribution in [-0.4, -0.2) is 32.2 Å². The number of aryl methyl sites for hydroxylation is 1. The van der Waals surface area contributed by atoms with Crippen LogP contribution in [0.4, 0.5) is 0 Å². The molecule has 1 aliphatic heterocycles. The first-order chi connectivity index (χ1) is 8.58. The number of aromatic nitrogens is 2. The van der Waals surface area contributed by atoms with E-state index in [0.717, 1.165) is 17.8 Å². The molecule has 0 aromatic carbocycles. The second-order valence-corrected chi connectivity index (χ2v) is 4.43. The van der Waals surface area contributed by atoms with Gasteiger partial charge >= 0.3 is 0 Å². The van der Waals surface area contributed by atoms with E-state index in [-0.39, 0.29) is 5.91 Å². The molecule has 0 atom stereocenters.